The smallest absolute Gasteiger partial charge is 0.327 e. The summed E-state index contributed by atoms with van der Waals surface area (Å²) in [6.45, 7) is 0. The summed E-state index contributed by atoms with van der Waals surface area (Å²) < 4.78 is 1.80. The lowest BCUT2D eigenvalue weighted by molar-refractivity contribution is -0.142. The van der Waals surface area contributed by atoms with Crippen LogP contribution >= 0.6 is 0 Å². The Morgan fingerprint density at radius 1 is 1.00 bits per heavy atom. The van der Waals surface area contributed by atoms with Gasteiger partial charge in [-0.05, 0) is 35.6 Å². The zero-order valence-electron chi connectivity index (χ0n) is 14.8. The van der Waals surface area contributed by atoms with E-state index in [0.717, 1.165) is 40.9 Å². The minimum atomic E-state index is -1.05. The van der Waals surface area contributed by atoms with Crippen LogP contribution in [0, 0.1) is 0 Å². The van der Waals surface area contributed by atoms with Gasteiger partial charge in [0.05, 0.1) is 6.42 Å². The van der Waals surface area contributed by atoms with Crippen molar-refractivity contribution in [3.63, 3.8) is 0 Å². The topological polar surface area (TPSA) is 85.3 Å². The van der Waals surface area contributed by atoms with Gasteiger partial charge < -0.3 is 15.4 Å². The lowest BCUT2D eigenvalue weighted by Gasteiger charge is -2.23. The zero-order valence-corrected chi connectivity index (χ0v) is 14.8. The number of nitrogens with zero attached hydrogens (tertiary/aromatic N) is 1. The van der Waals surface area contributed by atoms with Gasteiger partial charge in [0.1, 0.15) is 6.04 Å². The van der Waals surface area contributed by atoms with E-state index in [-0.39, 0.29) is 6.42 Å². The summed E-state index contributed by atoms with van der Waals surface area (Å²) in [7, 11) is 0. The van der Waals surface area contributed by atoms with Crippen molar-refractivity contribution in [2.24, 2.45) is 5.73 Å². The number of carboxylic acid groups (broad SMARTS) is 1. The molecular formula is C22H20N2O3. The first-order chi connectivity index (χ1) is 13.1. The number of amides is 1. The average molecular weight is 360 g/mol. The zero-order chi connectivity index (χ0) is 19.0. The summed E-state index contributed by atoms with van der Waals surface area (Å²) in [5.41, 5.74) is 11.4. The monoisotopic (exact) mass is 360 g/mol. The molecule has 3 N–H and O–H groups in total. The molecule has 1 amide bonds. The van der Waals surface area contributed by atoms with Crippen LogP contribution in [0.25, 0.3) is 22.4 Å². The van der Waals surface area contributed by atoms with Crippen molar-refractivity contribution in [3.05, 3.63) is 71.9 Å². The van der Waals surface area contributed by atoms with Crippen molar-refractivity contribution < 1.29 is 14.7 Å². The Kier molecular flexibility index (Phi) is 4.28. The molecule has 27 heavy (non-hydrogen) atoms. The molecule has 1 unspecified atom stereocenters. The van der Waals surface area contributed by atoms with Crippen LogP contribution in [0.15, 0.2) is 60.7 Å². The summed E-state index contributed by atoms with van der Waals surface area (Å²) in [4.78, 5) is 23.6. The number of primary amides is 1. The first-order valence-corrected chi connectivity index (χ1v) is 8.95. The van der Waals surface area contributed by atoms with Crippen LogP contribution < -0.4 is 5.73 Å². The number of carboxylic acids is 1. The maximum atomic E-state index is 12.0. The Morgan fingerprint density at radius 3 is 2.41 bits per heavy atom. The van der Waals surface area contributed by atoms with E-state index >= 15 is 0 Å². The number of benzene rings is 2. The Balaban J connectivity index is 1.98. The van der Waals surface area contributed by atoms with E-state index in [1.54, 1.807) is 4.57 Å². The minimum absolute atomic E-state index is 0.238. The lowest BCUT2D eigenvalue weighted by Crippen LogP contribution is -2.27. The van der Waals surface area contributed by atoms with Crippen molar-refractivity contribution in [1.82, 2.24) is 4.57 Å². The summed E-state index contributed by atoms with van der Waals surface area (Å²) in [5.74, 6) is -1.68. The number of nitrogens with two attached hydrogens (primary N) is 1. The molecule has 1 heterocycles. The third-order valence-electron chi connectivity index (χ3n) is 5.14. The van der Waals surface area contributed by atoms with Gasteiger partial charge in [-0.3, -0.25) is 4.79 Å². The fourth-order valence-corrected chi connectivity index (χ4v) is 3.97. The van der Waals surface area contributed by atoms with Crippen molar-refractivity contribution in [2.45, 2.75) is 25.3 Å². The van der Waals surface area contributed by atoms with Gasteiger partial charge in [-0.25, -0.2) is 4.79 Å². The Morgan fingerprint density at radius 2 is 1.70 bits per heavy atom. The summed E-state index contributed by atoms with van der Waals surface area (Å²) in [6.07, 6.45) is 1.32. The van der Waals surface area contributed by atoms with Crippen LogP contribution in [0.5, 0.6) is 0 Å². The fraction of sp³-hybridized carbons (Fsp3) is 0.182. The second-order valence-electron chi connectivity index (χ2n) is 6.81. The maximum absolute atomic E-state index is 12.0. The minimum Gasteiger partial charge on any atom is -0.480 e. The van der Waals surface area contributed by atoms with E-state index < -0.39 is 17.9 Å². The van der Waals surface area contributed by atoms with E-state index in [1.807, 2.05) is 48.5 Å². The standard InChI is InChI=1S/C22H20N2O3/c23-21(25)13-20(22(26)27)24-18-11-10-14-6-4-5-9-16(14)17(18)12-19(24)15-7-2-1-3-8-15/h1-9,12,20H,10-11,13H2,(H2,23,25)(H,26,27). The second-order valence-corrected chi connectivity index (χ2v) is 6.81. The molecule has 1 aromatic heterocycles. The first-order valence-electron chi connectivity index (χ1n) is 8.95. The SMILES string of the molecule is NC(=O)CC(C(=O)O)n1c(-c2ccccc2)cc2c1CCc1ccccc1-2. The lowest BCUT2D eigenvalue weighted by atomic mass is 9.89. The number of fused-ring (bicyclic) bond motifs is 3. The van der Waals surface area contributed by atoms with Gasteiger partial charge in [-0.1, -0.05) is 54.6 Å². The summed E-state index contributed by atoms with van der Waals surface area (Å²) in [6, 6.07) is 18.9. The molecule has 1 atom stereocenters. The molecule has 5 nitrogen and oxygen atoms in total. The van der Waals surface area contributed by atoms with Gasteiger partial charge in [0.2, 0.25) is 5.91 Å². The highest BCUT2D eigenvalue weighted by Crippen LogP contribution is 2.41. The molecule has 5 heteroatoms. The number of rotatable bonds is 5. The quantitative estimate of drug-likeness (QED) is 0.731. The highest BCUT2D eigenvalue weighted by molar-refractivity contribution is 5.85. The van der Waals surface area contributed by atoms with Crippen molar-refractivity contribution in [2.75, 3.05) is 0 Å². The van der Waals surface area contributed by atoms with E-state index in [0.29, 0.717) is 0 Å². The van der Waals surface area contributed by atoms with E-state index in [1.165, 1.54) is 5.56 Å². The van der Waals surface area contributed by atoms with Gasteiger partial charge in [-0.15, -0.1) is 0 Å². The average Bonchev–Trinajstić information content (AvgIpc) is 3.06. The van der Waals surface area contributed by atoms with E-state index in [9.17, 15) is 14.7 Å². The highest BCUT2D eigenvalue weighted by Gasteiger charge is 2.31. The van der Waals surface area contributed by atoms with Crippen LogP contribution in [0.3, 0.4) is 0 Å². The third kappa shape index (κ3) is 3.01. The number of aromatic nitrogens is 1. The molecule has 1 aliphatic rings. The summed E-state index contributed by atoms with van der Waals surface area (Å²) >= 11 is 0. The van der Waals surface area contributed by atoms with Crippen LogP contribution in [0.2, 0.25) is 0 Å². The Labute approximate surface area is 157 Å². The van der Waals surface area contributed by atoms with E-state index in [4.69, 9.17) is 5.73 Å². The molecule has 0 bridgehead atoms. The van der Waals surface area contributed by atoms with E-state index in [2.05, 4.69) is 12.1 Å². The fourth-order valence-electron chi connectivity index (χ4n) is 3.97. The molecule has 4 rings (SSSR count). The third-order valence-corrected chi connectivity index (χ3v) is 5.14. The first kappa shape index (κ1) is 17.1. The number of hydrogen-bond donors (Lipinski definition) is 2. The van der Waals surface area contributed by atoms with Crippen molar-refractivity contribution in [1.29, 1.82) is 0 Å². The Hall–Kier alpha value is -3.34. The van der Waals surface area contributed by atoms with Gasteiger partial charge in [-0.2, -0.15) is 0 Å². The van der Waals surface area contributed by atoms with Gasteiger partial charge in [0.25, 0.3) is 0 Å². The number of carbonyl (C=O) groups excluding carboxylic acids is 1. The molecular weight excluding hydrogens is 340 g/mol. The number of aryl methyl sites for hydroxylation is 1. The molecule has 2 aromatic carbocycles. The van der Waals surface area contributed by atoms with Crippen LogP contribution in [0.1, 0.15) is 23.7 Å². The molecule has 1 aliphatic carbocycles. The largest absolute Gasteiger partial charge is 0.480 e. The predicted molar refractivity (Wildman–Crippen MR) is 103 cm³/mol. The molecule has 3 aromatic rings. The highest BCUT2D eigenvalue weighted by atomic mass is 16.4. The Bertz CT molecular complexity index is 1020. The van der Waals surface area contributed by atoms with Crippen LogP contribution in [-0.4, -0.2) is 21.6 Å². The van der Waals surface area contributed by atoms with Crippen molar-refractivity contribution >= 4 is 11.9 Å². The normalized spacial score (nSPS) is 13.5. The maximum Gasteiger partial charge on any atom is 0.327 e. The number of aliphatic carboxylic acids is 1. The van der Waals surface area contributed by atoms with Gasteiger partial charge in [0, 0.05) is 17.0 Å². The summed E-state index contributed by atoms with van der Waals surface area (Å²) in [5, 5.41) is 9.83. The van der Waals surface area contributed by atoms with Crippen LogP contribution in [0.4, 0.5) is 0 Å². The molecule has 0 radical (unpaired) electrons. The molecule has 0 spiro atoms. The van der Waals surface area contributed by atoms with Crippen LogP contribution in [-0.2, 0) is 22.4 Å². The number of carbonyl (C=O) groups is 2. The van der Waals surface area contributed by atoms with Crippen molar-refractivity contribution in [3.8, 4) is 22.4 Å². The molecule has 136 valence electrons. The predicted octanol–water partition coefficient (Wildman–Crippen LogP) is 3.42. The molecule has 0 fully saturated rings. The molecule has 0 aliphatic heterocycles. The van der Waals surface area contributed by atoms with Gasteiger partial charge in [0.15, 0.2) is 0 Å². The molecule has 0 saturated heterocycles. The number of hydrogen-bond acceptors (Lipinski definition) is 2. The van der Waals surface area contributed by atoms with Gasteiger partial charge >= 0.3 is 5.97 Å². The molecule has 0 saturated carbocycles. The second kappa shape index (κ2) is 6.76.